The first-order valence-electron chi connectivity index (χ1n) is 6.72. The van der Waals surface area contributed by atoms with E-state index in [1.807, 2.05) is 25.1 Å². The molecule has 3 rings (SSSR count). The molecular formula is C16H18ClNO. The largest absolute Gasteiger partial charge is 0.464 e. The molecule has 1 fully saturated rings. The molecule has 1 aliphatic carbocycles. The second kappa shape index (κ2) is 4.93. The molecule has 1 aromatic heterocycles. The molecule has 3 heteroatoms. The highest BCUT2D eigenvalue weighted by atomic mass is 35.5. The third-order valence-corrected chi connectivity index (χ3v) is 4.29. The van der Waals surface area contributed by atoms with Crippen molar-refractivity contribution in [2.75, 3.05) is 5.32 Å². The molecule has 19 heavy (non-hydrogen) atoms. The SMILES string of the molecule is Cc1c(Cl)cccc1NCc1ccc(C2CC2C)o1. The number of anilines is 1. The van der Waals surface area contributed by atoms with Crippen molar-refractivity contribution in [3.8, 4) is 0 Å². The standard InChI is InChI=1S/C16H18ClNO/c1-10-8-13(10)16-7-6-12(19-16)9-18-15-5-3-4-14(17)11(15)2/h3-7,10,13,18H,8-9H2,1-2H3. The fraction of sp³-hybridized carbons (Fsp3) is 0.375. The zero-order chi connectivity index (χ0) is 13.4. The van der Waals surface area contributed by atoms with Crippen LogP contribution in [-0.2, 0) is 6.54 Å². The zero-order valence-corrected chi connectivity index (χ0v) is 12.0. The smallest absolute Gasteiger partial charge is 0.123 e. The van der Waals surface area contributed by atoms with Gasteiger partial charge in [0.05, 0.1) is 6.54 Å². The van der Waals surface area contributed by atoms with Crippen molar-refractivity contribution in [2.24, 2.45) is 5.92 Å². The summed E-state index contributed by atoms with van der Waals surface area (Å²) in [4.78, 5) is 0. The molecule has 1 N–H and O–H groups in total. The summed E-state index contributed by atoms with van der Waals surface area (Å²) < 4.78 is 5.87. The van der Waals surface area contributed by atoms with E-state index in [4.69, 9.17) is 16.0 Å². The molecule has 2 nitrogen and oxygen atoms in total. The summed E-state index contributed by atoms with van der Waals surface area (Å²) in [6.45, 7) is 4.98. The average Bonchev–Trinajstić information content (AvgIpc) is 2.94. The van der Waals surface area contributed by atoms with Gasteiger partial charge in [0.15, 0.2) is 0 Å². The summed E-state index contributed by atoms with van der Waals surface area (Å²) >= 11 is 6.10. The van der Waals surface area contributed by atoms with Gasteiger partial charge in [-0.05, 0) is 49.1 Å². The predicted molar refractivity (Wildman–Crippen MR) is 78.7 cm³/mol. The molecule has 2 atom stereocenters. The highest BCUT2D eigenvalue weighted by Crippen LogP contribution is 2.47. The molecule has 100 valence electrons. The topological polar surface area (TPSA) is 25.2 Å². The molecule has 1 aliphatic rings. The number of rotatable bonds is 4. The van der Waals surface area contributed by atoms with Gasteiger partial charge in [-0.3, -0.25) is 0 Å². The van der Waals surface area contributed by atoms with Crippen molar-refractivity contribution in [3.63, 3.8) is 0 Å². The summed E-state index contributed by atoms with van der Waals surface area (Å²) in [6, 6.07) is 10.1. The monoisotopic (exact) mass is 275 g/mol. The lowest BCUT2D eigenvalue weighted by molar-refractivity contribution is 0.468. The fourth-order valence-corrected chi connectivity index (χ4v) is 2.56. The number of hydrogen-bond acceptors (Lipinski definition) is 2. The Kier molecular flexibility index (Phi) is 3.28. The van der Waals surface area contributed by atoms with Crippen LogP contribution in [-0.4, -0.2) is 0 Å². The molecular weight excluding hydrogens is 258 g/mol. The van der Waals surface area contributed by atoms with E-state index in [1.165, 1.54) is 6.42 Å². The van der Waals surface area contributed by atoms with E-state index < -0.39 is 0 Å². The van der Waals surface area contributed by atoms with E-state index in [2.05, 4.69) is 24.4 Å². The average molecular weight is 276 g/mol. The van der Waals surface area contributed by atoms with E-state index in [9.17, 15) is 0 Å². The van der Waals surface area contributed by atoms with Gasteiger partial charge in [-0.25, -0.2) is 0 Å². The third kappa shape index (κ3) is 2.64. The first-order valence-corrected chi connectivity index (χ1v) is 7.10. The summed E-state index contributed by atoms with van der Waals surface area (Å²) in [6.07, 6.45) is 1.26. The minimum absolute atomic E-state index is 0.640. The van der Waals surface area contributed by atoms with Gasteiger partial charge >= 0.3 is 0 Å². The van der Waals surface area contributed by atoms with Gasteiger partial charge < -0.3 is 9.73 Å². The molecule has 0 aliphatic heterocycles. The van der Waals surface area contributed by atoms with E-state index >= 15 is 0 Å². The molecule has 2 unspecified atom stereocenters. The van der Waals surface area contributed by atoms with Crippen LogP contribution in [0.4, 0.5) is 5.69 Å². The molecule has 0 spiro atoms. The van der Waals surface area contributed by atoms with Crippen molar-refractivity contribution in [1.29, 1.82) is 0 Å². The number of halogens is 1. The number of nitrogens with one attached hydrogen (secondary N) is 1. The van der Waals surface area contributed by atoms with E-state index in [0.717, 1.165) is 33.7 Å². The summed E-state index contributed by atoms with van der Waals surface area (Å²) in [5.74, 6) is 3.53. The molecule has 1 heterocycles. The Hall–Kier alpha value is -1.41. The minimum Gasteiger partial charge on any atom is -0.464 e. The Morgan fingerprint density at radius 2 is 2.11 bits per heavy atom. The van der Waals surface area contributed by atoms with Gasteiger partial charge in [0.25, 0.3) is 0 Å². The second-order valence-electron chi connectivity index (χ2n) is 5.39. The van der Waals surface area contributed by atoms with Gasteiger partial charge in [0, 0.05) is 16.6 Å². The number of hydrogen-bond donors (Lipinski definition) is 1. The second-order valence-corrected chi connectivity index (χ2v) is 5.80. The highest BCUT2D eigenvalue weighted by molar-refractivity contribution is 6.31. The Labute approximate surface area is 118 Å². The highest BCUT2D eigenvalue weighted by Gasteiger charge is 2.36. The maximum absolute atomic E-state index is 6.10. The molecule has 2 aromatic rings. The van der Waals surface area contributed by atoms with E-state index in [-0.39, 0.29) is 0 Å². The van der Waals surface area contributed by atoms with Crippen LogP contribution in [0.25, 0.3) is 0 Å². The molecule has 1 saturated carbocycles. The van der Waals surface area contributed by atoms with Crippen LogP contribution in [0.1, 0.15) is 36.3 Å². The molecule has 0 bridgehead atoms. The van der Waals surface area contributed by atoms with Gasteiger partial charge in [-0.1, -0.05) is 24.6 Å². The Bertz CT molecular complexity index is 590. The Morgan fingerprint density at radius 1 is 1.32 bits per heavy atom. The lowest BCUT2D eigenvalue weighted by Crippen LogP contribution is -2.00. The van der Waals surface area contributed by atoms with Gasteiger partial charge in [-0.2, -0.15) is 0 Å². The normalized spacial score (nSPS) is 21.4. The van der Waals surface area contributed by atoms with Crippen molar-refractivity contribution in [1.82, 2.24) is 0 Å². The summed E-state index contributed by atoms with van der Waals surface area (Å²) in [7, 11) is 0. The minimum atomic E-state index is 0.640. The molecule has 0 saturated heterocycles. The van der Waals surface area contributed by atoms with E-state index in [0.29, 0.717) is 12.5 Å². The maximum Gasteiger partial charge on any atom is 0.123 e. The zero-order valence-electron chi connectivity index (χ0n) is 11.2. The van der Waals surface area contributed by atoms with Crippen molar-refractivity contribution >= 4 is 17.3 Å². The fourth-order valence-electron chi connectivity index (χ4n) is 2.39. The lowest BCUT2D eigenvalue weighted by atomic mass is 10.2. The van der Waals surface area contributed by atoms with Crippen LogP contribution < -0.4 is 5.32 Å². The van der Waals surface area contributed by atoms with Gasteiger partial charge in [-0.15, -0.1) is 0 Å². The first kappa shape index (κ1) is 12.6. The molecule has 0 amide bonds. The third-order valence-electron chi connectivity index (χ3n) is 3.88. The van der Waals surface area contributed by atoms with Gasteiger partial charge in [0.2, 0.25) is 0 Å². The van der Waals surface area contributed by atoms with Crippen LogP contribution in [0.15, 0.2) is 34.7 Å². The van der Waals surface area contributed by atoms with Crippen molar-refractivity contribution < 1.29 is 4.42 Å². The van der Waals surface area contributed by atoms with Crippen LogP contribution >= 0.6 is 11.6 Å². The van der Waals surface area contributed by atoms with Crippen molar-refractivity contribution in [2.45, 2.75) is 32.7 Å². The molecule has 0 radical (unpaired) electrons. The van der Waals surface area contributed by atoms with Crippen LogP contribution in [0.3, 0.4) is 0 Å². The number of benzene rings is 1. The Balaban J connectivity index is 1.66. The lowest BCUT2D eigenvalue weighted by Gasteiger charge is -2.09. The first-order chi connectivity index (χ1) is 9.15. The quantitative estimate of drug-likeness (QED) is 0.851. The van der Waals surface area contributed by atoms with Crippen LogP contribution in [0.2, 0.25) is 5.02 Å². The Morgan fingerprint density at radius 3 is 2.84 bits per heavy atom. The van der Waals surface area contributed by atoms with Crippen molar-refractivity contribution in [3.05, 3.63) is 52.4 Å². The van der Waals surface area contributed by atoms with Crippen LogP contribution in [0, 0.1) is 12.8 Å². The maximum atomic E-state index is 6.10. The summed E-state index contributed by atoms with van der Waals surface area (Å²) in [5, 5.41) is 4.16. The molecule has 1 aromatic carbocycles. The van der Waals surface area contributed by atoms with E-state index in [1.54, 1.807) is 0 Å². The predicted octanol–water partition coefficient (Wildman–Crippen LogP) is 4.98. The summed E-state index contributed by atoms with van der Waals surface area (Å²) in [5.41, 5.74) is 2.14. The number of furan rings is 1. The van der Waals surface area contributed by atoms with Crippen LogP contribution in [0.5, 0.6) is 0 Å². The van der Waals surface area contributed by atoms with Gasteiger partial charge in [0.1, 0.15) is 11.5 Å².